The molecule has 0 fully saturated rings. The molecule has 0 saturated carbocycles. The minimum atomic E-state index is -4.60. The van der Waals surface area contributed by atoms with Gasteiger partial charge in [-0.05, 0) is 35.9 Å². The van der Waals surface area contributed by atoms with Gasteiger partial charge in [-0.15, -0.1) is 0 Å². The molecule has 7 heteroatoms. The van der Waals surface area contributed by atoms with Crippen molar-refractivity contribution < 1.29 is 17.9 Å². The van der Waals surface area contributed by atoms with Crippen molar-refractivity contribution in [1.82, 2.24) is 4.98 Å². The SMILES string of the molecule is N#Cc1ccc(OCc2ccnc(Cl)c2)c(C(F)(F)F)c1. The number of nitrogens with zero attached hydrogens (tertiary/aromatic N) is 2. The zero-order chi connectivity index (χ0) is 15.5. The Morgan fingerprint density at radius 2 is 2.00 bits per heavy atom. The van der Waals surface area contributed by atoms with E-state index in [0.717, 1.165) is 12.1 Å². The van der Waals surface area contributed by atoms with Crippen molar-refractivity contribution in [1.29, 1.82) is 5.26 Å². The van der Waals surface area contributed by atoms with Crippen molar-refractivity contribution in [2.75, 3.05) is 0 Å². The summed E-state index contributed by atoms with van der Waals surface area (Å²) in [6.07, 6.45) is -3.16. The smallest absolute Gasteiger partial charge is 0.420 e. The fourth-order valence-electron chi connectivity index (χ4n) is 1.64. The molecular formula is C14H8ClF3N2O. The molecule has 1 aromatic heterocycles. The second-order valence-corrected chi connectivity index (χ2v) is 4.48. The van der Waals surface area contributed by atoms with Gasteiger partial charge in [0.2, 0.25) is 0 Å². The van der Waals surface area contributed by atoms with Gasteiger partial charge >= 0.3 is 6.18 Å². The minimum Gasteiger partial charge on any atom is -0.488 e. The highest BCUT2D eigenvalue weighted by molar-refractivity contribution is 6.29. The second kappa shape index (κ2) is 6.02. The van der Waals surface area contributed by atoms with Crippen LogP contribution in [0.3, 0.4) is 0 Å². The van der Waals surface area contributed by atoms with Gasteiger partial charge in [0, 0.05) is 6.20 Å². The number of ether oxygens (including phenoxy) is 1. The first-order valence-electron chi connectivity index (χ1n) is 5.75. The van der Waals surface area contributed by atoms with Crippen LogP contribution in [0.2, 0.25) is 5.15 Å². The summed E-state index contributed by atoms with van der Waals surface area (Å²) in [5, 5.41) is 8.91. The summed E-state index contributed by atoms with van der Waals surface area (Å²) in [7, 11) is 0. The van der Waals surface area contributed by atoms with Gasteiger partial charge < -0.3 is 4.74 Å². The zero-order valence-electron chi connectivity index (χ0n) is 10.5. The van der Waals surface area contributed by atoms with E-state index in [1.165, 1.54) is 18.3 Å². The van der Waals surface area contributed by atoms with Gasteiger partial charge in [-0.1, -0.05) is 11.6 Å². The highest BCUT2D eigenvalue weighted by atomic mass is 35.5. The highest BCUT2D eigenvalue weighted by Gasteiger charge is 2.34. The van der Waals surface area contributed by atoms with Gasteiger partial charge in [0.05, 0.1) is 17.2 Å². The van der Waals surface area contributed by atoms with Gasteiger partial charge in [-0.2, -0.15) is 18.4 Å². The Labute approximate surface area is 123 Å². The van der Waals surface area contributed by atoms with Crippen molar-refractivity contribution in [2.24, 2.45) is 0 Å². The molecule has 0 aliphatic rings. The lowest BCUT2D eigenvalue weighted by Gasteiger charge is -2.14. The van der Waals surface area contributed by atoms with Crippen LogP contribution < -0.4 is 4.74 Å². The van der Waals surface area contributed by atoms with Crippen LogP contribution in [0.5, 0.6) is 5.75 Å². The van der Waals surface area contributed by atoms with E-state index in [-0.39, 0.29) is 23.1 Å². The third kappa shape index (κ3) is 3.86. The maximum atomic E-state index is 12.9. The third-order valence-electron chi connectivity index (χ3n) is 2.60. The van der Waals surface area contributed by atoms with E-state index in [1.807, 2.05) is 0 Å². The number of pyridine rings is 1. The molecule has 0 unspecified atom stereocenters. The van der Waals surface area contributed by atoms with Gasteiger partial charge in [0.15, 0.2) is 0 Å². The highest BCUT2D eigenvalue weighted by Crippen LogP contribution is 2.37. The summed E-state index contributed by atoms with van der Waals surface area (Å²) in [4.78, 5) is 3.77. The van der Waals surface area contributed by atoms with Gasteiger partial charge in [-0.3, -0.25) is 0 Å². The normalized spacial score (nSPS) is 11.0. The van der Waals surface area contributed by atoms with E-state index in [2.05, 4.69) is 4.98 Å². The summed E-state index contributed by atoms with van der Waals surface area (Å²) in [6.45, 7) is -0.0861. The zero-order valence-corrected chi connectivity index (χ0v) is 11.2. The molecule has 3 nitrogen and oxygen atoms in total. The molecule has 0 atom stereocenters. The standard InChI is InChI=1S/C14H8ClF3N2O/c15-13-6-10(3-4-20-13)8-21-12-2-1-9(7-19)5-11(12)14(16,17)18/h1-6H,8H2. The van der Waals surface area contributed by atoms with Crippen molar-refractivity contribution in [3.8, 4) is 11.8 Å². The molecule has 0 aliphatic carbocycles. The number of rotatable bonds is 3. The quantitative estimate of drug-likeness (QED) is 0.798. The molecular weight excluding hydrogens is 305 g/mol. The monoisotopic (exact) mass is 312 g/mol. The Morgan fingerprint density at radius 1 is 1.24 bits per heavy atom. The Balaban J connectivity index is 2.26. The lowest BCUT2D eigenvalue weighted by Crippen LogP contribution is -2.09. The number of hydrogen-bond acceptors (Lipinski definition) is 3. The Bertz CT molecular complexity index is 695. The summed E-state index contributed by atoms with van der Waals surface area (Å²) in [6, 6.07) is 7.91. The number of hydrogen-bond donors (Lipinski definition) is 0. The predicted molar refractivity (Wildman–Crippen MR) is 69.7 cm³/mol. The molecule has 0 spiro atoms. The largest absolute Gasteiger partial charge is 0.488 e. The molecule has 2 aromatic rings. The van der Waals surface area contributed by atoms with Crippen LogP contribution in [0.1, 0.15) is 16.7 Å². The first kappa shape index (κ1) is 15.1. The number of benzene rings is 1. The summed E-state index contributed by atoms with van der Waals surface area (Å²) in [5.41, 5.74) is -0.476. The van der Waals surface area contributed by atoms with Crippen LogP contribution in [0, 0.1) is 11.3 Å². The number of nitriles is 1. The fourth-order valence-corrected chi connectivity index (χ4v) is 1.84. The van der Waals surface area contributed by atoms with Crippen molar-refractivity contribution in [3.05, 3.63) is 58.4 Å². The molecule has 0 aliphatic heterocycles. The van der Waals surface area contributed by atoms with E-state index in [9.17, 15) is 13.2 Å². The predicted octanol–water partition coefficient (Wildman–Crippen LogP) is 4.20. The van der Waals surface area contributed by atoms with Gasteiger partial charge in [0.25, 0.3) is 0 Å². The average Bonchev–Trinajstić information content (AvgIpc) is 2.44. The Hall–Kier alpha value is -2.26. The lowest BCUT2D eigenvalue weighted by molar-refractivity contribution is -0.139. The molecule has 21 heavy (non-hydrogen) atoms. The molecule has 0 bridgehead atoms. The van der Waals surface area contributed by atoms with E-state index in [1.54, 1.807) is 12.1 Å². The van der Waals surface area contributed by atoms with E-state index < -0.39 is 11.7 Å². The number of halogens is 4. The molecule has 0 radical (unpaired) electrons. The lowest BCUT2D eigenvalue weighted by atomic mass is 10.1. The van der Waals surface area contributed by atoms with E-state index in [4.69, 9.17) is 21.6 Å². The summed E-state index contributed by atoms with van der Waals surface area (Å²) < 4.78 is 44.0. The molecule has 108 valence electrons. The molecule has 0 saturated heterocycles. The number of aromatic nitrogens is 1. The molecule has 1 heterocycles. The van der Waals surface area contributed by atoms with E-state index in [0.29, 0.717) is 5.56 Å². The van der Waals surface area contributed by atoms with Crippen molar-refractivity contribution in [3.63, 3.8) is 0 Å². The van der Waals surface area contributed by atoms with Crippen LogP contribution in [0.4, 0.5) is 13.2 Å². The molecule has 1 aromatic carbocycles. The maximum Gasteiger partial charge on any atom is 0.420 e. The molecule has 2 rings (SSSR count). The topological polar surface area (TPSA) is 45.9 Å². The fraction of sp³-hybridized carbons (Fsp3) is 0.143. The summed E-state index contributed by atoms with van der Waals surface area (Å²) in [5.74, 6) is -0.338. The van der Waals surface area contributed by atoms with Crippen molar-refractivity contribution >= 4 is 11.6 Å². The van der Waals surface area contributed by atoms with Crippen LogP contribution in [-0.2, 0) is 12.8 Å². The third-order valence-corrected chi connectivity index (χ3v) is 2.81. The Morgan fingerprint density at radius 3 is 2.62 bits per heavy atom. The summed E-state index contributed by atoms with van der Waals surface area (Å²) >= 11 is 5.69. The Kier molecular flexibility index (Phi) is 4.34. The van der Waals surface area contributed by atoms with Crippen LogP contribution in [0.25, 0.3) is 0 Å². The number of alkyl halides is 3. The second-order valence-electron chi connectivity index (χ2n) is 4.10. The van der Waals surface area contributed by atoms with E-state index >= 15 is 0 Å². The average molecular weight is 313 g/mol. The van der Waals surface area contributed by atoms with Crippen molar-refractivity contribution in [2.45, 2.75) is 12.8 Å². The van der Waals surface area contributed by atoms with Crippen LogP contribution >= 0.6 is 11.6 Å². The van der Waals surface area contributed by atoms with Gasteiger partial charge in [0.1, 0.15) is 17.5 Å². The molecule has 0 amide bonds. The molecule has 0 N–H and O–H groups in total. The minimum absolute atomic E-state index is 0.0818. The van der Waals surface area contributed by atoms with Crippen LogP contribution in [-0.4, -0.2) is 4.98 Å². The maximum absolute atomic E-state index is 12.9. The first-order valence-corrected chi connectivity index (χ1v) is 6.12. The van der Waals surface area contributed by atoms with Gasteiger partial charge in [-0.25, -0.2) is 4.98 Å². The van der Waals surface area contributed by atoms with Crippen LogP contribution in [0.15, 0.2) is 36.5 Å². The first-order chi connectivity index (χ1) is 9.90.